The van der Waals surface area contributed by atoms with Crippen molar-refractivity contribution in [3.63, 3.8) is 0 Å². The second-order valence-corrected chi connectivity index (χ2v) is 3.48. The molecule has 0 bridgehead atoms. The van der Waals surface area contributed by atoms with E-state index in [9.17, 15) is 9.50 Å². The molecule has 1 rings (SSSR count). The van der Waals surface area contributed by atoms with Crippen LogP contribution in [0.25, 0.3) is 0 Å². The van der Waals surface area contributed by atoms with Gasteiger partial charge in [0.2, 0.25) is 0 Å². The first kappa shape index (κ1) is 11.5. The van der Waals surface area contributed by atoms with Crippen LogP contribution in [0.3, 0.4) is 0 Å². The van der Waals surface area contributed by atoms with E-state index in [0.29, 0.717) is 12.2 Å². The molecule has 0 radical (unpaired) electrons. The summed E-state index contributed by atoms with van der Waals surface area (Å²) in [5, 5.41) is 18.0. The van der Waals surface area contributed by atoms with Gasteiger partial charge in [0, 0.05) is 13.6 Å². The monoisotopic (exact) mass is 208 g/mol. The summed E-state index contributed by atoms with van der Waals surface area (Å²) in [5.41, 5.74) is 0.513. The van der Waals surface area contributed by atoms with Crippen LogP contribution in [-0.2, 0) is 0 Å². The Morgan fingerprint density at radius 2 is 2.27 bits per heavy atom. The summed E-state index contributed by atoms with van der Waals surface area (Å²) in [5.74, 6) is -0.535. The van der Waals surface area contributed by atoms with Gasteiger partial charge in [0.15, 0.2) is 0 Å². The van der Waals surface area contributed by atoms with Crippen molar-refractivity contribution >= 4 is 5.69 Å². The molecule has 0 saturated heterocycles. The number of hydrogen-bond donors (Lipinski definition) is 1. The fourth-order valence-electron chi connectivity index (χ4n) is 1.44. The van der Waals surface area contributed by atoms with Crippen molar-refractivity contribution in [1.29, 1.82) is 5.26 Å². The number of aliphatic hydroxyl groups excluding tert-OH is 1. The van der Waals surface area contributed by atoms with Gasteiger partial charge in [-0.05, 0) is 19.1 Å². The minimum atomic E-state index is -0.535. The summed E-state index contributed by atoms with van der Waals surface area (Å²) in [6.45, 7) is 2.00. The molecular weight excluding hydrogens is 195 g/mol. The molecule has 0 heterocycles. The highest BCUT2D eigenvalue weighted by Gasteiger charge is 2.12. The Balaban J connectivity index is 3.04. The van der Waals surface area contributed by atoms with Crippen LogP contribution in [0.15, 0.2) is 18.2 Å². The van der Waals surface area contributed by atoms with Crippen LogP contribution >= 0.6 is 0 Å². The van der Waals surface area contributed by atoms with Gasteiger partial charge in [-0.3, -0.25) is 0 Å². The molecule has 1 N–H and O–H groups in total. The number of benzene rings is 1. The predicted octanol–water partition coefficient (Wildman–Crippen LogP) is 1.51. The lowest BCUT2D eigenvalue weighted by molar-refractivity contribution is 0.201. The highest BCUT2D eigenvalue weighted by molar-refractivity contribution is 5.59. The van der Waals surface area contributed by atoms with Crippen LogP contribution in [0.2, 0.25) is 0 Å². The fourth-order valence-corrected chi connectivity index (χ4v) is 1.44. The maximum Gasteiger partial charge on any atom is 0.143 e. The van der Waals surface area contributed by atoms with Crippen LogP contribution in [0.1, 0.15) is 12.5 Å². The third-order valence-corrected chi connectivity index (χ3v) is 2.05. The Hall–Kier alpha value is -1.60. The van der Waals surface area contributed by atoms with E-state index in [1.807, 2.05) is 6.07 Å². The summed E-state index contributed by atoms with van der Waals surface area (Å²) in [6, 6.07) is 6.27. The summed E-state index contributed by atoms with van der Waals surface area (Å²) in [7, 11) is 1.71. The van der Waals surface area contributed by atoms with Crippen molar-refractivity contribution in [2.45, 2.75) is 13.0 Å². The number of nitrogens with zero attached hydrogens (tertiary/aromatic N) is 2. The highest BCUT2D eigenvalue weighted by Crippen LogP contribution is 2.21. The summed E-state index contributed by atoms with van der Waals surface area (Å²) >= 11 is 0. The molecule has 3 nitrogen and oxygen atoms in total. The molecule has 1 unspecified atom stereocenters. The molecule has 80 valence electrons. The van der Waals surface area contributed by atoms with Crippen LogP contribution < -0.4 is 4.90 Å². The van der Waals surface area contributed by atoms with Gasteiger partial charge in [0.25, 0.3) is 0 Å². The van der Waals surface area contributed by atoms with Gasteiger partial charge in [-0.2, -0.15) is 5.26 Å². The van der Waals surface area contributed by atoms with Crippen molar-refractivity contribution in [3.05, 3.63) is 29.6 Å². The first-order chi connectivity index (χ1) is 7.06. The van der Waals surface area contributed by atoms with E-state index >= 15 is 0 Å². The van der Waals surface area contributed by atoms with Crippen molar-refractivity contribution in [2.24, 2.45) is 0 Å². The van der Waals surface area contributed by atoms with E-state index < -0.39 is 11.9 Å². The molecule has 1 aromatic rings. The van der Waals surface area contributed by atoms with E-state index in [2.05, 4.69) is 0 Å². The van der Waals surface area contributed by atoms with Gasteiger partial charge >= 0.3 is 0 Å². The quantitative estimate of drug-likeness (QED) is 0.819. The van der Waals surface area contributed by atoms with Crippen LogP contribution in [-0.4, -0.2) is 24.8 Å². The molecule has 0 fully saturated rings. The highest BCUT2D eigenvalue weighted by atomic mass is 19.1. The van der Waals surface area contributed by atoms with Gasteiger partial charge in [0.05, 0.1) is 11.8 Å². The molecule has 0 aliphatic carbocycles. The number of anilines is 1. The Bertz CT molecular complexity index is 385. The van der Waals surface area contributed by atoms with Crippen molar-refractivity contribution in [3.8, 4) is 6.07 Å². The average molecular weight is 208 g/mol. The lowest BCUT2D eigenvalue weighted by atomic mass is 10.1. The molecule has 0 aliphatic rings. The molecule has 0 amide bonds. The number of nitriles is 1. The number of halogens is 1. The Morgan fingerprint density at radius 3 is 2.80 bits per heavy atom. The SMILES string of the molecule is CC(O)CN(C)c1cccc(F)c1C#N. The predicted molar refractivity (Wildman–Crippen MR) is 56.1 cm³/mol. The number of aliphatic hydroxyl groups is 1. The normalized spacial score (nSPS) is 11.9. The molecule has 0 saturated carbocycles. The summed E-state index contributed by atoms with van der Waals surface area (Å²) in [4.78, 5) is 1.66. The van der Waals surface area contributed by atoms with E-state index in [4.69, 9.17) is 5.26 Å². The van der Waals surface area contributed by atoms with Gasteiger partial charge in [-0.15, -0.1) is 0 Å². The first-order valence-corrected chi connectivity index (χ1v) is 4.64. The molecular formula is C11H13FN2O. The van der Waals surface area contributed by atoms with Crippen molar-refractivity contribution in [1.82, 2.24) is 0 Å². The smallest absolute Gasteiger partial charge is 0.143 e. The maximum absolute atomic E-state index is 13.2. The van der Waals surface area contributed by atoms with Gasteiger partial charge in [-0.1, -0.05) is 6.07 Å². The van der Waals surface area contributed by atoms with Gasteiger partial charge in [-0.25, -0.2) is 4.39 Å². The van der Waals surface area contributed by atoms with Gasteiger partial charge in [0.1, 0.15) is 17.4 Å². The number of rotatable bonds is 3. The topological polar surface area (TPSA) is 47.3 Å². The Labute approximate surface area is 88.4 Å². The van der Waals surface area contributed by atoms with Crippen molar-refractivity contribution < 1.29 is 9.50 Å². The third kappa shape index (κ3) is 2.67. The zero-order valence-corrected chi connectivity index (χ0v) is 8.74. The van der Waals surface area contributed by atoms with E-state index in [0.717, 1.165) is 0 Å². The molecule has 1 aromatic carbocycles. The molecule has 0 spiro atoms. The summed E-state index contributed by atoms with van der Waals surface area (Å²) < 4.78 is 13.2. The van der Waals surface area contributed by atoms with E-state index in [-0.39, 0.29) is 5.56 Å². The first-order valence-electron chi connectivity index (χ1n) is 4.64. The maximum atomic E-state index is 13.2. The number of likely N-dealkylation sites (N-methyl/N-ethyl adjacent to an activating group) is 1. The van der Waals surface area contributed by atoms with Crippen LogP contribution in [0.4, 0.5) is 10.1 Å². The van der Waals surface area contributed by atoms with E-state index in [1.54, 1.807) is 31.0 Å². The average Bonchev–Trinajstić information content (AvgIpc) is 2.16. The second-order valence-electron chi connectivity index (χ2n) is 3.48. The number of hydrogen-bond acceptors (Lipinski definition) is 3. The lowest BCUT2D eigenvalue weighted by Crippen LogP contribution is -2.27. The van der Waals surface area contributed by atoms with E-state index in [1.165, 1.54) is 6.07 Å². The zero-order chi connectivity index (χ0) is 11.4. The van der Waals surface area contributed by atoms with Crippen LogP contribution in [0, 0.1) is 17.1 Å². The second kappa shape index (κ2) is 4.76. The molecule has 1 atom stereocenters. The molecule has 4 heteroatoms. The molecule has 15 heavy (non-hydrogen) atoms. The fraction of sp³-hybridized carbons (Fsp3) is 0.364. The minimum absolute atomic E-state index is 0.0145. The summed E-state index contributed by atoms with van der Waals surface area (Å²) in [6.07, 6.45) is -0.523. The Kier molecular flexibility index (Phi) is 3.64. The zero-order valence-electron chi connectivity index (χ0n) is 8.74. The molecule has 0 aromatic heterocycles. The minimum Gasteiger partial charge on any atom is -0.392 e. The van der Waals surface area contributed by atoms with Gasteiger partial charge < -0.3 is 10.0 Å². The van der Waals surface area contributed by atoms with Crippen LogP contribution in [0.5, 0.6) is 0 Å². The Morgan fingerprint density at radius 1 is 1.60 bits per heavy atom. The lowest BCUT2D eigenvalue weighted by Gasteiger charge is -2.21. The van der Waals surface area contributed by atoms with Crippen molar-refractivity contribution in [2.75, 3.05) is 18.5 Å². The molecule has 0 aliphatic heterocycles. The largest absolute Gasteiger partial charge is 0.392 e. The third-order valence-electron chi connectivity index (χ3n) is 2.05. The standard InChI is InChI=1S/C11H13FN2O/c1-8(15)7-14(2)11-5-3-4-10(12)9(11)6-13/h3-5,8,15H,7H2,1-2H3.